The van der Waals surface area contributed by atoms with E-state index in [1.54, 1.807) is 6.07 Å². The fourth-order valence-corrected chi connectivity index (χ4v) is 4.57. The van der Waals surface area contributed by atoms with E-state index in [2.05, 4.69) is 72.0 Å². The number of rotatable bonds is 12. The van der Waals surface area contributed by atoms with Crippen LogP contribution in [-0.4, -0.2) is 18.1 Å². The lowest BCUT2D eigenvalue weighted by Crippen LogP contribution is -2.26. The van der Waals surface area contributed by atoms with Gasteiger partial charge in [-0.2, -0.15) is 0 Å². The summed E-state index contributed by atoms with van der Waals surface area (Å²) in [5.74, 6) is 0.821. The van der Waals surface area contributed by atoms with Crippen molar-refractivity contribution in [2.24, 2.45) is 0 Å². The molecule has 0 saturated heterocycles. The summed E-state index contributed by atoms with van der Waals surface area (Å²) >= 11 is 12.6. The molecule has 0 aromatic heterocycles. The molecule has 0 heterocycles. The van der Waals surface area contributed by atoms with Gasteiger partial charge < -0.3 is 19.9 Å². The molecular formula is C29H43Cl2NO3. The monoisotopic (exact) mass is 523 g/mol. The number of halogens is 2. The number of hydrogen-bond donors (Lipinski definition) is 2. The number of hydrogen-bond acceptors (Lipinski definition) is 4. The Hall–Kier alpha value is -1.62. The summed E-state index contributed by atoms with van der Waals surface area (Å²) in [6.07, 6.45) is 4.04. The minimum Gasteiger partial charge on any atom is -0.504 e. The van der Waals surface area contributed by atoms with Crippen LogP contribution in [-0.2, 0) is 22.0 Å². The van der Waals surface area contributed by atoms with Crippen LogP contribution in [0.4, 0.5) is 5.69 Å². The van der Waals surface area contributed by atoms with Crippen LogP contribution in [0.3, 0.4) is 0 Å². The standard InChI is InChI=1S/C29H43Cl2NO3/c1-9-12-13-25(34-18-32-23-17-22(30)20(10-2)26(31)27(23)33)35-24-15-14-19(29(7,8)11-3)16-21(24)28(4,5)6/h14-17,25,32-33H,9-13,18H2,1-8H3. The average molecular weight is 525 g/mol. The molecule has 0 amide bonds. The third-order valence-corrected chi connectivity index (χ3v) is 7.42. The fraction of sp³-hybridized carbons (Fsp3) is 0.586. The maximum atomic E-state index is 10.5. The molecule has 0 spiro atoms. The predicted molar refractivity (Wildman–Crippen MR) is 149 cm³/mol. The first-order valence-electron chi connectivity index (χ1n) is 12.7. The van der Waals surface area contributed by atoms with Crippen molar-refractivity contribution in [1.29, 1.82) is 0 Å². The normalized spacial score (nSPS) is 13.1. The van der Waals surface area contributed by atoms with Crippen molar-refractivity contribution >= 4 is 28.9 Å². The van der Waals surface area contributed by atoms with Gasteiger partial charge in [0.1, 0.15) is 12.5 Å². The number of benzene rings is 2. The fourth-order valence-electron chi connectivity index (χ4n) is 3.85. The van der Waals surface area contributed by atoms with Crippen molar-refractivity contribution in [2.75, 3.05) is 12.0 Å². The summed E-state index contributed by atoms with van der Waals surface area (Å²) in [6.45, 7) is 17.6. The van der Waals surface area contributed by atoms with E-state index >= 15 is 0 Å². The van der Waals surface area contributed by atoms with E-state index < -0.39 is 6.29 Å². The molecule has 4 nitrogen and oxygen atoms in total. The van der Waals surface area contributed by atoms with Crippen molar-refractivity contribution < 1.29 is 14.6 Å². The molecule has 0 radical (unpaired) electrons. The van der Waals surface area contributed by atoms with Gasteiger partial charge in [-0.1, -0.05) is 97.1 Å². The van der Waals surface area contributed by atoms with Crippen LogP contribution in [0.1, 0.15) is 97.8 Å². The number of phenolic OH excluding ortho intramolecular Hbond substituents is 1. The Morgan fingerprint density at radius 2 is 1.71 bits per heavy atom. The highest BCUT2D eigenvalue weighted by Gasteiger charge is 2.26. The first-order valence-corrected chi connectivity index (χ1v) is 13.5. The Labute approximate surface area is 222 Å². The van der Waals surface area contributed by atoms with Crippen molar-refractivity contribution in [2.45, 2.75) is 105 Å². The van der Waals surface area contributed by atoms with E-state index in [-0.39, 0.29) is 28.3 Å². The van der Waals surface area contributed by atoms with Gasteiger partial charge in [-0.25, -0.2) is 0 Å². The van der Waals surface area contributed by atoms with Gasteiger partial charge in [-0.05, 0) is 58.9 Å². The third-order valence-electron chi connectivity index (χ3n) is 6.68. The van der Waals surface area contributed by atoms with Gasteiger partial charge in [-0.3, -0.25) is 0 Å². The molecule has 1 atom stereocenters. The molecule has 0 saturated carbocycles. The van der Waals surface area contributed by atoms with Crippen LogP contribution in [0, 0.1) is 0 Å². The predicted octanol–water partition coefficient (Wildman–Crippen LogP) is 9.23. The van der Waals surface area contributed by atoms with Crippen molar-refractivity contribution in [1.82, 2.24) is 0 Å². The van der Waals surface area contributed by atoms with Crippen LogP contribution in [0.5, 0.6) is 11.5 Å². The zero-order valence-corrected chi connectivity index (χ0v) is 24.2. The highest BCUT2D eigenvalue weighted by Crippen LogP contribution is 2.40. The molecule has 35 heavy (non-hydrogen) atoms. The molecule has 0 aliphatic carbocycles. The molecule has 2 N–H and O–H groups in total. The molecule has 196 valence electrons. The van der Waals surface area contributed by atoms with E-state index in [1.807, 2.05) is 6.92 Å². The maximum Gasteiger partial charge on any atom is 0.201 e. The zero-order chi connectivity index (χ0) is 26.4. The molecule has 1 unspecified atom stereocenters. The van der Waals surface area contributed by atoms with Gasteiger partial charge in [0.15, 0.2) is 5.75 Å². The van der Waals surface area contributed by atoms with E-state index in [4.69, 9.17) is 32.7 Å². The zero-order valence-electron chi connectivity index (χ0n) is 22.6. The lowest BCUT2D eigenvalue weighted by atomic mass is 9.78. The van der Waals surface area contributed by atoms with Gasteiger partial charge in [0.2, 0.25) is 6.29 Å². The highest BCUT2D eigenvalue weighted by atomic mass is 35.5. The Morgan fingerprint density at radius 3 is 2.29 bits per heavy atom. The quantitative estimate of drug-likeness (QED) is 0.215. The smallest absolute Gasteiger partial charge is 0.201 e. The lowest BCUT2D eigenvalue weighted by Gasteiger charge is -2.30. The molecule has 0 bridgehead atoms. The Morgan fingerprint density at radius 1 is 1.03 bits per heavy atom. The van der Waals surface area contributed by atoms with E-state index in [1.165, 1.54) is 11.1 Å². The molecule has 0 aliphatic rings. The molecule has 0 fully saturated rings. The average Bonchev–Trinajstić information content (AvgIpc) is 2.80. The van der Waals surface area contributed by atoms with Gasteiger partial charge in [0.25, 0.3) is 0 Å². The number of unbranched alkanes of at least 4 members (excludes halogenated alkanes) is 1. The number of ether oxygens (including phenoxy) is 2. The second-order valence-electron chi connectivity index (χ2n) is 10.8. The van der Waals surface area contributed by atoms with Crippen molar-refractivity contribution in [3.05, 3.63) is 51.0 Å². The second-order valence-corrected chi connectivity index (χ2v) is 11.6. The van der Waals surface area contributed by atoms with Crippen LogP contribution in [0.15, 0.2) is 24.3 Å². The van der Waals surface area contributed by atoms with E-state index in [0.717, 1.165) is 37.0 Å². The Bertz CT molecular complexity index is 983. The Balaban J connectivity index is 2.23. The van der Waals surface area contributed by atoms with Crippen LogP contribution in [0.25, 0.3) is 0 Å². The SMILES string of the molecule is CCCCC(OCNc1cc(Cl)c(CC)c(Cl)c1O)Oc1ccc(C(C)(C)CC)cc1C(C)(C)C. The summed E-state index contributed by atoms with van der Waals surface area (Å²) in [4.78, 5) is 0. The lowest BCUT2D eigenvalue weighted by molar-refractivity contribution is -0.0794. The summed E-state index contributed by atoms with van der Waals surface area (Å²) in [5.41, 5.74) is 3.66. The molecular weight excluding hydrogens is 481 g/mol. The van der Waals surface area contributed by atoms with E-state index in [0.29, 0.717) is 17.1 Å². The molecule has 2 aromatic rings. The van der Waals surface area contributed by atoms with Gasteiger partial charge in [0.05, 0.1) is 10.7 Å². The van der Waals surface area contributed by atoms with Gasteiger partial charge in [-0.15, -0.1) is 0 Å². The minimum atomic E-state index is -0.434. The number of phenols is 1. The Kier molecular flexibility index (Phi) is 10.6. The summed E-state index contributed by atoms with van der Waals surface area (Å²) in [5, 5.41) is 14.4. The summed E-state index contributed by atoms with van der Waals surface area (Å²) < 4.78 is 12.5. The van der Waals surface area contributed by atoms with Crippen molar-refractivity contribution in [3.8, 4) is 11.5 Å². The summed E-state index contributed by atoms with van der Waals surface area (Å²) in [6, 6.07) is 8.21. The number of nitrogens with one attached hydrogen (secondary N) is 1. The topological polar surface area (TPSA) is 50.7 Å². The van der Waals surface area contributed by atoms with Crippen LogP contribution < -0.4 is 10.1 Å². The number of anilines is 1. The summed E-state index contributed by atoms with van der Waals surface area (Å²) in [7, 11) is 0. The maximum absolute atomic E-state index is 10.5. The van der Waals surface area contributed by atoms with Gasteiger partial charge in [0, 0.05) is 11.4 Å². The molecule has 2 aromatic carbocycles. The van der Waals surface area contributed by atoms with Crippen LogP contribution >= 0.6 is 23.2 Å². The molecule has 6 heteroatoms. The molecule has 0 aliphatic heterocycles. The first-order chi connectivity index (χ1) is 16.3. The molecule has 2 rings (SSSR count). The largest absolute Gasteiger partial charge is 0.504 e. The van der Waals surface area contributed by atoms with E-state index in [9.17, 15) is 5.11 Å². The third kappa shape index (κ3) is 7.68. The number of aromatic hydroxyl groups is 1. The minimum absolute atomic E-state index is 0.0216. The highest BCUT2D eigenvalue weighted by molar-refractivity contribution is 6.37. The first kappa shape index (κ1) is 29.6. The second kappa shape index (κ2) is 12.6. The van der Waals surface area contributed by atoms with Gasteiger partial charge >= 0.3 is 0 Å². The van der Waals surface area contributed by atoms with Crippen molar-refractivity contribution in [3.63, 3.8) is 0 Å². The van der Waals surface area contributed by atoms with Crippen LogP contribution in [0.2, 0.25) is 10.0 Å².